The van der Waals surface area contributed by atoms with E-state index in [2.05, 4.69) is 36.9 Å². The molecule has 0 spiro atoms. The summed E-state index contributed by atoms with van der Waals surface area (Å²) in [6, 6.07) is 26.5. The van der Waals surface area contributed by atoms with Gasteiger partial charge in [-0.1, -0.05) is 42.5 Å². The van der Waals surface area contributed by atoms with Gasteiger partial charge in [0, 0.05) is 42.5 Å². The zero-order chi connectivity index (χ0) is 28.7. The van der Waals surface area contributed by atoms with E-state index in [1.807, 2.05) is 11.0 Å². The molecule has 2 aliphatic heterocycles. The molecule has 0 aliphatic carbocycles. The molecule has 8 heteroatoms. The van der Waals surface area contributed by atoms with Crippen LogP contribution in [0.15, 0.2) is 101 Å². The van der Waals surface area contributed by atoms with Crippen molar-refractivity contribution in [2.45, 2.75) is 36.2 Å². The summed E-state index contributed by atoms with van der Waals surface area (Å²) in [4.78, 5) is 34.0. The number of fused-ring (bicyclic) bond motifs is 2. The molecule has 2 heterocycles. The topological polar surface area (TPSA) is 60.9 Å². The number of carbonyl (C=O) groups excluding carboxylic acids is 2. The summed E-state index contributed by atoms with van der Waals surface area (Å²) in [5, 5.41) is 0. The Hall–Kier alpha value is -4.30. The van der Waals surface area contributed by atoms with Crippen LogP contribution >= 0.6 is 0 Å². The van der Waals surface area contributed by atoms with E-state index in [1.165, 1.54) is 16.5 Å². The Bertz CT molecular complexity index is 1690. The molecular formula is C33H30FN3O3S. The number of anilines is 2. The fourth-order valence-electron chi connectivity index (χ4n) is 5.67. The molecule has 0 saturated carbocycles. The van der Waals surface area contributed by atoms with Crippen molar-refractivity contribution in [2.75, 3.05) is 29.4 Å². The molecule has 0 aromatic heterocycles. The van der Waals surface area contributed by atoms with E-state index in [0.717, 1.165) is 5.69 Å². The van der Waals surface area contributed by atoms with Crippen LogP contribution in [0.5, 0.6) is 0 Å². The highest BCUT2D eigenvalue weighted by Gasteiger charge is 2.33. The van der Waals surface area contributed by atoms with Gasteiger partial charge in [0.15, 0.2) is 0 Å². The molecule has 2 atom stereocenters. The van der Waals surface area contributed by atoms with Crippen LogP contribution in [0.25, 0.3) is 0 Å². The zero-order valence-electron chi connectivity index (χ0n) is 22.9. The van der Waals surface area contributed by atoms with E-state index in [0.29, 0.717) is 51.8 Å². The van der Waals surface area contributed by atoms with Crippen molar-refractivity contribution in [3.05, 3.63) is 119 Å². The SMILES string of the molecule is Cc1cccc(N2CCN(C(=O)c3ccc4c(c3)N(Cc3ccccc3F)C(=O)c3ccccc3[S@@]4=O)C[C@H]2C)c1. The number of benzene rings is 4. The minimum absolute atomic E-state index is 0.0616. The van der Waals surface area contributed by atoms with Crippen LogP contribution in [0.4, 0.5) is 15.8 Å². The smallest absolute Gasteiger partial charge is 0.259 e. The van der Waals surface area contributed by atoms with Crippen molar-refractivity contribution in [1.29, 1.82) is 0 Å². The van der Waals surface area contributed by atoms with Gasteiger partial charge in [0.1, 0.15) is 5.82 Å². The molecule has 0 bridgehead atoms. The molecule has 0 N–H and O–H groups in total. The van der Waals surface area contributed by atoms with Crippen molar-refractivity contribution < 1.29 is 18.2 Å². The second kappa shape index (κ2) is 10.9. The van der Waals surface area contributed by atoms with Crippen LogP contribution in [-0.4, -0.2) is 46.6 Å². The van der Waals surface area contributed by atoms with E-state index < -0.39 is 16.6 Å². The van der Waals surface area contributed by atoms with Crippen LogP contribution in [0.3, 0.4) is 0 Å². The van der Waals surface area contributed by atoms with Gasteiger partial charge in [-0.3, -0.25) is 9.59 Å². The van der Waals surface area contributed by atoms with Gasteiger partial charge >= 0.3 is 0 Å². The lowest BCUT2D eigenvalue weighted by Gasteiger charge is -2.41. The number of carbonyl (C=O) groups is 2. The Kier molecular flexibility index (Phi) is 7.17. The summed E-state index contributed by atoms with van der Waals surface area (Å²) in [7, 11) is -1.66. The Labute approximate surface area is 241 Å². The maximum Gasteiger partial charge on any atom is 0.259 e. The van der Waals surface area contributed by atoms with Gasteiger partial charge in [0.25, 0.3) is 11.8 Å². The highest BCUT2D eigenvalue weighted by atomic mass is 32.2. The molecule has 2 aliphatic rings. The molecule has 4 aromatic carbocycles. The van der Waals surface area contributed by atoms with E-state index >= 15 is 0 Å². The molecule has 2 amide bonds. The third kappa shape index (κ3) is 5.04. The molecule has 0 radical (unpaired) electrons. The standard InChI is InChI=1S/C33H30FN3O3S/c1-22-8-7-10-26(18-22)36-17-16-35(20-23(36)2)32(38)24-14-15-31-29(19-24)37(21-25-9-3-5-12-28(25)34)33(39)27-11-4-6-13-30(27)41(31)40/h3-15,18-19,23H,16-17,20-21H2,1-2H3/t23-,41+/m1/s1. The summed E-state index contributed by atoms with van der Waals surface area (Å²) in [5.74, 6) is -0.983. The highest BCUT2D eigenvalue weighted by molar-refractivity contribution is 7.85. The van der Waals surface area contributed by atoms with Crippen molar-refractivity contribution in [3.63, 3.8) is 0 Å². The van der Waals surface area contributed by atoms with E-state index in [-0.39, 0.29) is 24.4 Å². The molecule has 0 unspecified atom stereocenters. The predicted molar refractivity (Wildman–Crippen MR) is 158 cm³/mol. The van der Waals surface area contributed by atoms with Crippen molar-refractivity contribution in [2.24, 2.45) is 0 Å². The average molecular weight is 568 g/mol. The minimum atomic E-state index is -1.66. The van der Waals surface area contributed by atoms with Crippen LogP contribution in [-0.2, 0) is 17.3 Å². The van der Waals surface area contributed by atoms with Gasteiger partial charge < -0.3 is 14.7 Å². The lowest BCUT2D eigenvalue weighted by atomic mass is 10.1. The molecular weight excluding hydrogens is 537 g/mol. The first-order chi connectivity index (χ1) is 19.8. The van der Waals surface area contributed by atoms with Crippen LogP contribution in [0.1, 0.15) is 38.8 Å². The van der Waals surface area contributed by atoms with Gasteiger partial charge in [-0.2, -0.15) is 0 Å². The molecule has 1 fully saturated rings. The third-order valence-corrected chi connectivity index (χ3v) is 9.29. The monoisotopic (exact) mass is 567 g/mol. The molecule has 208 valence electrons. The fraction of sp³-hybridized carbons (Fsp3) is 0.212. The Balaban J connectivity index is 1.34. The van der Waals surface area contributed by atoms with Crippen molar-refractivity contribution in [1.82, 2.24) is 4.90 Å². The van der Waals surface area contributed by atoms with E-state index in [1.54, 1.807) is 60.7 Å². The lowest BCUT2D eigenvalue weighted by Crippen LogP contribution is -2.53. The second-order valence-electron chi connectivity index (χ2n) is 10.6. The number of rotatable bonds is 4. The summed E-state index contributed by atoms with van der Waals surface area (Å²) in [6.07, 6.45) is 0. The molecule has 4 aromatic rings. The number of halogens is 1. The lowest BCUT2D eigenvalue weighted by molar-refractivity contribution is 0.0726. The van der Waals surface area contributed by atoms with Gasteiger partial charge in [0.2, 0.25) is 0 Å². The number of hydrogen-bond donors (Lipinski definition) is 0. The molecule has 41 heavy (non-hydrogen) atoms. The maximum atomic E-state index is 14.7. The number of hydrogen-bond acceptors (Lipinski definition) is 4. The second-order valence-corrected chi connectivity index (χ2v) is 12.0. The summed E-state index contributed by atoms with van der Waals surface area (Å²) < 4.78 is 28.4. The first-order valence-corrected chi connectivity index (χ1v) is 14.8. The Morgan fingerprint density at radius 3 is 2.49 bits per heavy atom. The molecule has 1 saturated heterocycles. The zero-order valence-corrected chi connectivity index (χ0v) is 23.7. The quantitative estimate of drug-likeness (QED) is 0.312. The Morgan fingerprint density at radius 1 is 0.927 bits per heavy atom. The summed E-state index contributed by atoms with van der Waals surface area (Å²) in [6.45, 7) is 5.89. The number of nitrogens with zero attached hydrogens (tertiary/aromatic N) is 3. The first-order valence-electron chi connectivity index (χ1n) is 13.6. The van der Waals surface area contributed by atoms with Crippen molar-refractivity contribution >= 4 is 34.0 Å². The van der Waals surface area contributed by atoms with Crippen LogP contribution < -0.4 is 9.80 Å². The average Bonchev–Trinajstić information content (AvgIpc) is 3.07. The van der Waals surface area contributed by atoms with E-state index in [9.17, 15) is 18.2 Å². The molecule has 6 nitrogen and oxygen atoms in total. The van der Waals surface area contributed by atoms with Gasteiger partial charge in [0.05, 0.1) is 38.4 Å². The first kappa shape index (κ1) is 26.9. The predicted octanol–water partition coefficient (Wildman–Crippen LogP) is 5.81. The Morgan fingerprint density at radius 2 is 1.71 bits per heavy atom. The fourth-order valence-corrected chi connectivity index (χ4v) is 7.01. The van der Waals surface area contributed by atoms with Gasteiger partial charge in [-0.15, -0.1) is 0 Å². The largest absolute Gasteiger partial charge is 0.365 e. The van der Waals surface area contributed by atoms with Crippen LogP contribution in [0.2, 0.25) is 0 Å². The number of aryl methyl sites for hydroxylation is 1. The highest BCUT2D eigenvalue weighted by Crippen LogP contribution is 2.36. The molecule has 6 rings (SSSR count). The number of amides is 2. The normalized spacial score (nSPS) is 18.5. The van der Waals surface area contributed by atoms with Crippen molar-refractivity contribution in [3.8, 4) is 0 Å². The number of piperazine rings is 1. The van der Waals surface area contributed by atoms with Gasteiger partial charge in [-0.25, -0.2) is 8.60 Å². The third-order valence-electron chi connectivity index (χ3n) is 7.79. The van der Waals surface area contributed by atoms with E-state index in [4.69, 9.17) is 0 Å². The maximum absolute atomic E-state index is 14.7. The van der Waals surface area contributed by atoms with Crippen LogP contribution in [0, 0.1) is 12.7 Å². The summed E-state index contributed by atoms with van der Waals surface area (Å²) in [5.41, 5.74) is 3.70. The summed E-state index contributed by atoms with van der Waals surface area (Å²) >= 11 is 0. The minimum Gasteiger partial charge on any atom is -0.365 e. The van der Waals surface area contributed by atoms with Gasteiger partial charge in [-0.05, 0) is 67.9 Å².